The molecule has 0 spiro atoms. The molecule has 0 aromatic heterocycles. The fraction of sp³-hybridized carbons (Fsp3) is 0.759. The Morgan fingerprint density at radius 3 is 1.24 bits per heavy atom. The highest BCUT2D eigenvalue weighted by Gasteiger charge is 2.46. The van der Waals surface area contributed by atoms with Crippen LogP contribution < -0.4 is 14.4 Å². The Morgan fingerprint density at radius 1 is 0.507 bits per heavy atom. The second-order valence-electron chi connectivity index (χ2n) is 19.9. The number of nitrogens with one attached hydrogen (secondary N) is 1. The lowest BCUT2D eigenvalue weighted by Crippen LogP contribution is -2.57. The molecule has 5 N–H and O–H groups in total. The molecule has 1 amide bonds. The molecule has 0 saturated heterocycles. The molecule has 408 valence electrons. The maximum absolute atomic E-state index is 14.9. The number of unbranched alkanes of at least 4 members (excludes halogenated alkanes) is 26. The summed E-state index contributed by atoms with van der Waals surface area (Å²) >= 11 is 0. The first-order chi connectivity index (χ1) is 34.6. The van der Waals surface area contributed by atoms with E-state index in [1.165, 1.54) is 109 Å². The summed E-state index contributed by atoms with van der Waals surface area (Å²) in [6, 6.07) is 14.9. The van der Waals surface area contributed by atoms with E-state index in [0.29, 0.717) is 19.3 Å². The molecular weight excluding hydrogens is 918 g/mol. The number of phosphoric ester groups is 1. The number of carbonyl (C=O) groups excluding carboxylic acids is 2. The molecule has 0 bridgehead atoms. The number of hydrogen-bond donors (Lipinski definition) is 5. The number of rotatable bonds is 48. The normalized spacial score (nSPS) is 13.9. The van der Waals surface area contributed by atoms with Crippen molar-refractivity contribution in [2.24, 2.45) is 5.92 Å². The number of amides is 1. The zero-order chi connectivity index (χ0) is 51.6. The van der Waals surface area contributed by atoms with Gasteiger partial charge in [-0.15, -0.1) is 0 Å². The van der Waals surface area contributed by atoms with Gasteiger partial charge in [-0.3, -0.25) is 14.1 Å². The van der Waals surface area contributed by atoms with Gasteiger partial charge in [0.2, 0.25) is 5.91 Å². The molecule has 12 nitrogen and oxygen atoms in total. The number of benzene rings is 2. The summed E-state index contributed by atoms with van der Waals surface area (Å²) in [6.07, 6.45) is 27.8. The van der Waals surface area contributed by atoms with Gasteiger partial charge in [0.05, 0.1) is 37.7 Å². The van der Waals surface area contributed by atoms with Gasteiger partial charge in [-0.1, -0.05) is 243 Å². The van der Waals surface area contributed by atoms with Crippen LogP contribution in [0.3, 0.4) is 0 Å². The van der Waals surface area contributed by atoms with Crippen LogP contribution >= 0.6 is 7.82 Å². The highest BCUT2D eigenvalue weighted by atomic mass is 31.2. The Bertz CT molecular complexity index is 1530. The van der Waals surface area contributed by atoms with Crippen LogP contribution in [-0.4, -0.2) is 76.0 Å². The molecule has 5 atom stereocenters. The van der Waals surface area contributed by atoms with Gasteiger partial charge in [-0.2, -0.15) is 0 Å². The molecule has 0 radical (unpaired) electrons. The van der Waals surface area contributed by atoms with Crippen LogP contribution in [0.4, 0.5) is 0 Å². The van der Waals surface area contributed by atoms with Gasteiger partial charge in [0.15, 0.2) is 6.10 Å². The van der Waals surface area contributed by atoms with Gasteiger partial charge in [0.25, 0.3) is 0 Å². The summed E-state index contributed by atoms with van der Waals surface area (Å²) in [7, 11) is -4.82. The molecule has 0 aliphatic heterocycles. The summed E-state index contributed by atoms with van der Waals surface area (Å²) in [5.41, 5.74) is 0. The first-order valence-electron chi connectivity index (χ1n) is 28.4. The maximum atomic E-state index is 14.9. The van der Waals surface area contributed by atoms with Crippen molar-refractivity contribution in [1.29, 1.82) is 0 Å². The SMILES string of the molecule is CCCCCCCCCCCCC(CCCCCCCCCCCC)C(=O)O[C@@H]([C@H](OP(=O)(Oc1ccccc1)Oc1ccccc1)[C@H](O)CO)[C@H](CO)NC(=O)C[C@H](O)CCCCCCCCCCC. The van der Waals surface area contributed by atoms with E-state index in [1.807, 2.05) is 0 Å². The molecule has 0 unspecified atom stereocenters. The number of esters is 1. The third kappa shape index (κ3) is 31.4. The minimum Gasteiger partial charge on any atom is -0.457 e. The maximum Gasteiger partial charge on any atom is 0.588 e. The van der Waals surface area contributed by atoms with Crippen LogP contribution in [0.1, 0.15) is 233 Å². The summed E-state index contributed by atoms with van der Waals surface area (Å²) in [5, 5.41) is 46.7. The van der Waals surface area contributed by atoms with E-state index < -0.39 is 69.3 Å². The smallest absolute Gasteiger partial charge is 0.457 e. The third-order valence-corrected chi connectivity index (χ3v) is 14.8. The topological polar surface area (TPSA) is 181 Å². The van der Waals surface area contributed by atoms with Crippen molar-refractivity contribution < 1.29 is 52.9 Å². The third-order valence-electron chi connectivity index (χ3n) is 13.5. The predicted molar refractivity (Wildman–Crippen MR) is 287 cm³/mol. The van der Waals surface area contributed by atoms with Crippen LogP contribution in [0.25, 0.3) is 0 Å². The number of ether oxygens (including phenoxy) is 1. The molecule has 0 heterocycles. The van der Waals surface area contributed by atoms with Crippen molar-refractivity contribution in [2.45, 2.75) is 263 Å². The second-order valence-corrected chi connectivity index (χ2v) is 21.4. The van der Waals surface area contributed by atoms with Crippen LogP contribution in [0, 0.1) is 5.92 Å². The predicted octanol–water partition coefficient (Wildman–Crippen LogP) is 14.3. The van der Waals surface area contributed by atoms with Crippen LogP contribution in [-0.2, 0) is 23.4 Å². The summed E-state index contributed by atoms with van der Waals surface area (Å²) in [6.45, 7) is 4.93. The lowest BCUT2D eigenvalue weighted by molar-refractivity contribution is -0.170. The van der Waals surface area contributed by atoms with Crippen molar-refractivity contribution in [3.05, 3.63) is 60.7 Å². The second kappa shape index (κ2) is 42.4. The minimum absolute atomic E-state index is 0.110. The fourth-order valence-electron chi connectivity index (χ4n) is 9.13. The van der Waals surface area contributed by atoms with Crippen LogP contribution in [0.2, 0.25) is 0 Å². The van der Waals surface area contributed by atoms with Gasteiger partial charge in [0.1, 0.15) is 23.7 Å². The monoisotopic (exact) mass is 1020 g/mol. The van der Waals surface area contributed by atoms with E-state index in [4.69, 9.17) is 18.3 Å². The Labute approximate surface area is 430 Å². The number of para-hydroxylation sites is 2. The fourth-order valence-corrected chi connectivity index (χ4v) is 10.6. The number of carbonyl (C=O) groups is 2. The van der Waals surface area contributed by atoms with Crippen molar-refractivity contribution >= 4 is 19.7 Å². The lowest BCUT2D eigenvalue weighted by atomic mass is 9.93. The first kappa shape index (κ1) is 64.1. The largest absolute Gasteiger partial charge is 0.588 e. The quantitative estimate of drug-likeness (QED) is 0.0242. The number of aliphatic hydroxyl groups is 4. The van der Waals surface area contributed by atoms with Crippen LogP contribution in [0.15, 0.2) is 60.7 Å². The van der Waals surface area contributed by atoms with E-state index in [0.717, 1.165) is 77.0 Å². The summed E-state index contributed by atoms with van der Waals surface area (Å²) in [5.74, 6) is -1.56. The van der Waals surface area contributed by atoms with Gasteiger partial charge >= 0.3 is 13.8 Å². The van der Waals surface area contributed by atoms with E-state index in [2.05, 4.69) is 26.1 Å². The zero-order valence-corrected chi connectivity index (χ0v) is 45.5. The van der Waals surface area contributed by atoms with Crippen molar-refractivity contribution in [2.75, 3.05) is 13.2 Å². The van der Waals surface area contributed by atoms with Crippen molar-refractivity contribution in [1.82, 2.24) is 5.32 Å². The van der Waals surface area contributed by atoms with E-state index >= 15 is 0 Å². The molecular formula is C58H100NO11P. The van der Waals surface area contributed by atoms with Crippen molar-refractivity contribution in [3.63, 3.8) is 0 Å². The van der Waals surface area contributed by atoms with Gasteiger partial charge in [0, 0.05) is 0 Å². The Morgan fingerprint density at radius 2 is 0.873 bits per heavy atom. The highest BCUT2D eigenvalue weighted by Crippen LogP contribution is 2.51. The van der Waals surface area contributed by atoms with Gasteiger partial charge < -0.3 is 39.5 Å². The molecule has 71 heavy (non-hydrogen) atoms. The number of aliphatic hydroxyl groups excluding tert-OH is 4. The van der Waals surface area contributed by atoms with E-state index in [9.17, 15) is 34.6 Å². The average molecular weight is 1020 g/mol. The molecule has 0 fully saturated rings. The highest BCUT2D eigenvalue weighted by molar-refractivity contribution is 7.49. The lowest BCUT2D eigenvalue weighted by Gasteiger charge is -2.36. The minimum atomic E-state index is -4.82. The summed E-state index contributed by atoms with van der Waals surface area (Å²) < 4.78 is 39.1. The molecule has 2 rings (SSSR count). The Balaban J connectivity index is 2.38. The molecule has 0 saturated carbocycles. The molecule has 0 aliphatic rings. The van der Waals surface area contributed by atoms with Gasteiger partial charge in [-0.25, -0.2) is 4.57 Å². The van der Waals surface area contributed by atoms with E-state index in [-0.39, 0.29) is 17.9 Å². The van der Waals surface area contributed by atoms with Gasteiger partial charge in [-0.05, 0) is 43.5 Å². The molecule has 2 aromatic carbocycles. The Hall–Kier alpha value is -2.99. The molecule has 2 aromatic rings. The van der Waals surface area contributed by atoms with Crippen LogP contribution in [0.5, 0.6) is 11.5 Å². The Kier molecular flexibility index (Phi) is 38.3. The standard InChI is InChI=1S/C58H100NO11P/c1-4-7-10-13-16-19-22-24-27-32-39-49(40-33-28-25-23-20-17-14-11-8-5-2)58(65)67-56(53(47-60)59-55(64)46-50(62)41-34-29-26-21-18-15-12-9-6-3)57(54(63)48-61)70-71(66,68-51-42-35-30-36-43-51)69-52-44-37-31-38-45-52/h30-31,35-38,42-45,49-50,53-54,56-57,60-63H,4-29,32-34,39-41,46-48H2,1-3H3,(H,59,64)/t50-,53+,54-,56-,57-/m1/s1. The first-order valence-corrected chi connectivity index (χ1v) is 29.9. The molecule has 13 heteroatoms. The van der Waals surface area contributed by atoms with Crippen molar-refractivity contribution in [3.8, 4) is 11.5 Å². The number of hydrogen-bond acceptors (Lipinski definition) is 11. The zero-order valence-electron chi connectivity index (χ0n) is 44.6. The average Bonchev–Trinajstić information content (AvgIpc) is 3.36. The molecule has 0 aliphatic carbocycles. The number of phosphoric acid groups is 1. The van der Waals surface area contributed by atoms with E-state index in [1.54, 1.807) is 60.7 Å². The summed E-state index contributed by atoms with van der Waals surface area (Å²) in [4.78, 5) is 28.3.